The first kappa shape index (κ1) is 19.4. The fraction of sp³-hybridized carbons (Fsp3) is 0.350. The number of ether oxygens (including phenoxy) is 2. The van der Waals surface area contributed by atoms with Crippen molar-refractivity contribution in [2.45, 2.75) is 40.7 Å². The van der Waals surface area contributed by atoms with Crippen molar-refractivity contribution in [1.29, 1.82) is 0 Å². The largest absolute Gasteiger partial charge is 0.493 e. The number of rotatable bonds is 7. The van der Waals surface area contributed by atoms with Gasteiger partial charge in [-0.05, 0) is 52.3 Å². The van der Waals surface area contributed by atoms with Crippen molar-refractivity contribution in [3.05, 3.63) is 52.3 Å². The van der Waals surface area contributed by atoms with Gasteiger partial charge in [0.15, 0.2) is 11.9 Å². The van der Waals surface area contributed by atoms with Crippen LogP contribution in [0.1, 0.15) is 63.2 Å². The number of nitrogens with one attached hydrogen (secondary N) is 1. The van der Waals surface area contributed by atoms with Gasteiger partial charge < -0.3 is 14.5 Å². The highest BCUT2D eigenvalue weighted by Gasteiger charge is 2.27. The van der Waals surface area contributed by atoms with Crippen LogP contribution in [-0.2, 0) is 4.74 Å². The lowest BCUT2D eigenvalue weighted by Crippen LogP contribution is -2.25. The van der Waals surface area contributed by atoms with E-state index < -0.39 is 12.1 Å². The summed E-state index contributed by atoms with van der Waals surface area (Å²) < 4.78 is 10.8. The molecule has 0 saturated heterocycles. The van der Waals surface area contributed by atoms with Crippen molar-refractivity contribution in [3.8, 4) is 5.75 Å². The molecule has 6 heteroatoms. The second-order valence-electron chi connectivity index (χ2n) is 6.02. The number of para-hydroxylation sites is 1. The van der Waals surface area contributed by atoms with Gasteiger partial charge in [0.25, 0.3) is 0 Å². The molecule has 0 saturated carbocycles. The summed E-state index contributed by atoms with van der Waals surface area (Å²) in [5, 5.41) is 0. The monoisotopic (exact) mass is 357 g/mol. The Kier molecular flexibility index (Phi) is 5.97. The lowest BCUT2D eigenvalue weighted by molar-refractivity contribution is 0.0313. The van der Waals surface area contributed by atoms with Gasteiger partial charge in [0.1, 0.15) is 11.3 Å². The maximum atomic E-state index is 12.7. The second kappa shape index (κ2) is 7.99. The molecular weight excluding hydrogens is 334 g/mol. The van der Waals surface area contributed by atoms with Gasteiger partial charge in [-0.1, -0.05) is 12.1 Å². The Morgan fingerprint density at radius 2 is 1.81 bits per heavy atom. The third-order valence-electron chi connectivity index (χ3n) is 4.10. The van der Waals surface area contributed by atoms with Gasteiger partial charge in [-0.25, -0.2) is 4.79 Å². The maximum absolute atomic E-state index is 12.7. The number of esters is 1. The minimum Gasteiger partial charge on any atom is -0.493 e. The minimum atomic E-state index is -1.01. The highest BCUT2D eigenvalue weighted by Crippen LogP contribution is 2.22. The zero-order chi connectivity index (χ0) is 19.4. The van der Waals surface area contributed by atoms with E-state index in [1.165, 1.54) is 13.8 Å². The second-order valence-corrected chi connectivity index (χ2v) is 6.02. The number of hydrogen-bond acceptors (Lipinski definition) is 5. The Labute approximate surface area is 152 Å². The Bertz CT molecular complexity index is 850. The summed E-state index contributed by atoms with van der Waals surface area (Å²) in [6.07, 6.45) is -1.01. The quantitative estimate of drug-likeness (QED) is 0.604. The van der Waals surface area contributed by atoms with E-state index >= 15 is 0 Å². The van der Waals surface area contributed by atoms with Crippen molar-refractivity contribution in [1.82, 2.24) is 4.98 Å². The van der Waals surface area contributed by atoms with Crippen LogP contribution in [0.25, 0.3) is 0 Å². The first-order valence-corrected chi connectivity index (χ1v) is 8.45. The zero-order valence-corrected chi connectivity index (χ0v) is 15.6. The van der Waals surface area contributed by atoms with Gasteiger partial charge in [-0.15, -0.1) is 0 Å². The molecule has 2 aromatic rings. The average molecular weight is 357 g/mol. The van der Waals surface area contributed by atoms with Crippen LogP contribution >= 0.6 is 0 Å². The SMILES string of the molecule is CCOc1ccccc1C(=O)O[C@@H](C)C(=O)c1[nH]c(C)c(C(C)=O)c1C. The molecule has 0 spiro atoms. The molecule has 0 bridgehead atoms. The molecule has 1 atom stereocenters. The van der Waals surface area contributed by atoms with Crippen LogP contribution < -0.4 is 4.74 Å². The predicted molar refractivity (Wildman–Crippen MR) is 97.1 cm³/mol. The van der Waals surface area contributed by atoms with Crippen molar-refractivity contribution in [2.24, 2.45) is 0 Å². The summed E-state index contributed by atoms with van der Waals surface area (Å²) >= 11 is 0. The third kappa shape index (κ3) is 3.85. The molecule has 1 heterocycles. The highest BCUT2D eigenvalue weighted by molar-refractivity contribution is 6.05. The van der Waals surface area contributed by atoms with Crippen LogP contribution in [0.4, 0.5) is 0 Å². The summed E-state index contributed by atoms with van der Waals surface area (Å²) in [5.41, 5.74) is 2.23. The van der Waals surface area contributed by atoms with Gasteiger partial charge in [-0.3, -0.25) is 9.59 Å². The molecule has 1 aromatic heterocycles. The lowest BCUT2D eigenvalue weighted by Gasteiger charge is -2.14. The van der Waals surface area contributed by atoms with Gasteiger partial charge in [0.05, 0.1) is 12.3 Å². The number of benzene rings is 1. The first-order valence-electron chi connectivity index (χ1n) is 8.45. The number of ketones is 2. The molecule has 0 aliphatic heterocycles. The number of carbonyl (C=O) groups is 3. The summed E-state index contributed by atoms with van der Waals surface area (Å²) in [4.78, 5) is 39.8. The van der Waals surface area contributed by atoms with Crippen molar-refractivity contribution < 1.29 is 23.9 Å². The molecule has 0 aliphatic rings. The number of H-pyrrole nitrogens is 1. The molecule has 1 N–H and O–H groups in total. The van der Waals surface area contributed by atoms with E-state index in [-0.39, 0.29) is 22.8 Å². The Morgan fingerprint density at radius 3 is 2.38 bits per heavy atom. The molecule has 6 nitrogen and oxygen atoms in total. The van der Waals surface area contributed by atoms with Crippen molar-refractivity contribution in [2.75, 3.05) is 6.61 Å². The van der Waals surface area contributed by atoms with Crippen LogP contribution in [0.2, 0.25) is 0 Å². The number of Topliss-reactive ketones (excluding diaryl/α,β-unsaturated/α-hetero) is 2. The van der Waals surface area contributed by atoms with Crippen LogP contribution in [-0.4, -0.2) is 35.2 Å². The smallest absolute Gasteiger partial charge is 0.342 e. The molecule has 2 rings (SSSR count). The average Bonchev–Trinajstić information content (AvgIpc) is 2.89. The summed E-state index contributed by atoms with van der Waals surface area (Å²) in [6, 6.07) is 6.71. The van der Waals surface area contributed by atoms with Crippen molar-refractivity contribution >= 4 is 17.5 Å². The topological polar surface area (TPSA) is 85.5 Å². The van der Waals surface area contributed by atoms with E-state index in [4.69, 9.17) is 9.47 Å². The van der Waals surface area contributed by atoms with Gasteiger partial charge in [0.2, 0.25) is 5.78 Å². The molecular formula is C20H23NO5. The van der Waals surface area contributed by atoms with Crippen LogP contribution in [0.15, 0.2) is 24.3 Å². The van der Waals surface area contributed by atoms with Crippen LogP contribution in [0.5, 0.6) is 5.75 Å². The van der Waals surface area contributed by atoms with Gasteiger partial charge in [-0.2, -0.15) is 0 Å². The molecule has 0 aliphatic carbocycles. The van der Waals surface area contributed by atoms with E-state index in [1.807, 2.05) is 6.92 Å². The first-order chi connectivity index (χ1) is 12.3. The fourth-order valence-corrected chi connectivity index (χ4v) is 2.92. The van der Waals surface area contributed by atoms with E-state index in [2.05, 4.69) is 4.98 Å². The number of carbonyl (C=O) groups excluding carboxylic acids is 3. The number of hydrogen-bond donors (Lipinski definition) is 1. The van der Waals surface area contributed by atoms with Crippen LogP contribution in [0, 0.1) is 13.8 Å². The molecule has 0 fully saturated rings. The lowest BCUT2D eigenvalue weighted by atomic mass is 10.0. The van der Waals surface area contributed by atoms with Gasteiger partial charge >= 0.3 is 5.97 Å². The Balaban J connectivity index is 2.21. The summed E-state index contributed by atoms with van der Waals surface area (Å²) in [6.45, 7) is 8.62. The third-order valence-corrected chi connectivity index (χ3v) is 4.10. The van der Waals surface area contributed by atoms with E-state index in [0.717, 1.165) is 0 Å². The molecule has 26 heavy (non-hydrogen) atoms. The maximum Gasteiger partial charge on any atom is 0.342 e. The standard InChI is InChI=1S/C20H23NO5/c1-6-25-16-10-8-7-9-15(16)20(24)26-14(5)19(23)18-11(2)17(13(4)22)12(3)21-18/h7-10,14,21H,6H2,1-5H3/t14-/m0/s1. The summed E-state index contributed by atoms with van der Waals surface area (Å²) in [5.74, 6) is -0.737. The predicted octanol–water partition coefficient (Wildman–Crippen LogP) is 3.66. The van der Waals surface area contributed by atoms with E-state index in [9.17, 15) is 14.4 Å². The number of aromatic nitrogens is 1. The van der Waals surface area contributed by atoms with E-state index in [1.54, 1.807) is 38.1 Å². The van der Waals surface area contributed by atoms with Crippen LogP contribution in [0.3, 0.4) is 0 Å². The van der Waals surface area contributed by atoms with E-state index in [0.29, 0.717) is 29.2 Å². The molecule has 0 unspecified atom stereocenters. The number of aromatic amines is 1. The molecule has 138 valence electrons. The molecule has 1 aromatic carbocycles. The normalized spacial score (nSPS) is 11.7. The molecule has 0 radical (unpaired) electrons. The Hall–Kier alpha value is -2.89. The number of aryl methyl sites for hydroxylation is 1. The van der Waals surface area contributed by atoms with Gasteiger partial charge in [0, 0.05) is 11.3 Å². The summed E-state index contributed by atoms with van der Waals surface area (Å²) in [7, 11) is 0. The minimum absolute atomic E-state index is 0.120. The Morgan fingerprint density at radius 1 is 1.15 bits per heavy atom. The fourth-order valence-electron chi connectivity index (χ4n) is 2.92. The zero-order valence-electron chi connectivity index (χ0n) is 15.6. The molecule has 0 amide bonds. The highest BCUT2D eigenvalue weighted by atomic mass is 16.5. The van der Waals surface area contributed by atoms with Crippen molar-refractivity contribution in [3.63, 3.8) is 0 Å².